The van der Waals surface area contributed by atoms with E-state index in [1.165, 1.54) is 21.3 Å². The molecule has 1 saturated heterocycles. The molecule has 0 radical (unpaired) electrons. The number of benzene rings is 1. The first-order valence-corrected chi connectivity index (χ1v) is 8.78. The van der Waals surface area contributed by atoms with E-state index in [0.717, 1.165) is 0 Å². The maximum absolute atomic E-state index is 12.0. The smallest absolute Gasteiger partial charge is 0.466 e. The van der Waals surface area contributed by atoms with Gasteiger partial charge in [-0.05, 0) is 39.3 Å². The summed E-state index contributed by atoms with van der Waals surface area (Å²) in [4.78, 5) is 12.0. The van der Waals surface area contributed by atoms with Gasteiger partial charge in [0.1, 0.15) is 0 Å². The molecule has 0 saturated carbocycles. The molecular formula is C18H26BClO6. The fourth-order valence-electron chi connectivity index (χ4n) is 2.86. The molecule has 1 unspecified atom stereocenters. The molecule has 144 valence electrons. The summed E-state index contributed by atoms with van der Waals surface area (Å²) >= 11 is 6.57. The van der Waals surface area contributed by atoms with Crippen molar-refractivity contribution in [1.82, 2.24) is 0 Å². The van der Waals surface area contributed by atoms with Crippen LogP contribution in [0.15, 0.2) is 12.1 Å². The Hall–Kier alpha value is -1.44. The average Bonchev–Trinajstić information content (AvgIpc) is 2.79. The minimum atomic E-state index is -0.658. The lowest BCUT2D eigenvalue weighted by Crippen LogP contribution is -2.41. The molecule has 1 aliphatic heterocycles. The van der Waals surface area contributed by atoms with E-state index in [0.29, 0.717) is 22.1 Å². The third-order valence-corrected chi connectivity index (χ3v) is 5.52. The van der Waals surface area contributed by atoms with Crippen LogP contribution in [-0.4, -0.2) is 45.6 Å². The summed E-state index contributed by atoms with van der Waals surface area (Å²) in [6.45, 7) is 7.83. The summed E-state index contributed by atoms with van der Waals surface area (Å²) in [7, 11) is 3.74. The van der Waals surface area contributed by atoms with Crippen molar-refractivity contribution in [3.8, 4) is 11.5 Å². The zero-order valence-corrected chi connectivity index (χ0v) is 17.1. The quantitative estimate of drug-likeness (QED) is 0.551. The lowest BCUT2D eigenvalue weighted by Gasteiger charge is -2.32. The highest BCUT2D eigenvalue weighted by molar-refractivity contribution is 6.48. The second kappa shape index (κ2) is 7.67. The normalized spacial score (nSPS) is 19.2. The molecule has 8 heteroatoms. The van der Waals surface area contributed by atoms with Gasteiger partial charge in [-0.2, -0.15) is 0 Å². The van der Waals surface area contributed by atoms with Crippen LogP contribution in [0.1, 0.15) is 45.5 Å². The van der Waals surface area contributed by atoms with Crippen molar-refractivity contribution in [2.24, 2.45) is 0 Å². The summed E-state index contributed by atoms with van der Waals surface area (Å²) in [6.07, 6.45) is 0.0581. The summed E-state index contributed by atoms with van der Waals surface area (Å²) in [5.74, 6) is 0.0661. The second-order valence-electron chi connectivity index (χ2n) is 7.22. The standard InChI is InChI=1S/C18H26BClO6/c1-17(2)18(3,4)26-19(25-17)12(10-14(21)23-6)11-8-9-13(22-5)16(24-7)15(11)20/h8-9,12H,10H2,1-7H3. The zero-order valence-electron chi connectivity index (χ0n) is 16.3. The molecule has 2 rings (SSSR count). The number of hydrogen-bond acceptors (Lipinski definition) is 6. The van der Waals surface area contributed by atoms with Crippen LogP contribution in [0.2, 0.25) is 5.02 Å². The molecular weight excluding hydrogens is 358 g/mol. The van der Waals surface area contributed by atoms with Gasteiger partial charge in [-0.1, -0.05) is 17.7 Å². The van der Waals surface area contributed by atoms with Gasteiger partial charge < -0.3 is 23.5 Å². The van der Waals surface area contributed by atoms with Crippen LogP contribution in [-0.2, 0) is 18.8 Å². The number of hydrogen-bond donors (Lipinski definition) is 0. The van der Waals surface area contributed by atoms with Crippen LogP contribution in [0, 0.1) is 0 Å². The Morgan fingerprint density at radius 3 is 2.15 bits per heavy atom. The van der Waals surface area contributed by atoms with Crippen LogP contribution in [0.3, 0.4) is 0 Å². The number of carbonyl (C=O) groups is 1. The third-order valence-electron chi connectivity index (χ3n) is 5.13. The van der Waals surface area contributed by atoms with E-state index >= 15 is 0 Å². The molecule has 26 heavy (non-hydrogen) atoms. The Bertz CT molecular complexity index is 660. The van der Waals surface area contributed by atoms with E-state index in [4.69, 9.17) is 35.1 Å². The van der Waals surface area contributed by atoms with Gasteiger partial charge in [-0.3, -0.25) is 4.79 Å². The molecule has 6 nitrogen and oxygen atoms in total. The molecule has 1 aromatic rings. The Labute approximate surface area is 160 Å². The van der Waals surface area contributed by atoms with Gasteiger partial charge in [-0.25, -0.2) is 0 Å². The zero-order chi connectivity index (χ0) is 19.7. The Morgan fingerprint density at radius 2 is 1.69 bits per heavy atom. The number of carbonyl (C=O) groups excluding carboxylic acids is 1. The van der Waals surface area contributed by atoms with Gasteiger partial charge >= 0.3 is 13.1 Å². The van der Waals surface area contributed by atoms with Crippen molar-refractivity contribution in [3.05, 3.63) is 22.7 Å². The van der Waals surface area contributed by atoms with Crippen molar-refractivity contribution < 1.29 is 28.3 Å². The molecule has 1 aliphatic rings. The van der Waals surface area contributed by atoms with E-state index in [-0.39, 0.29) is 12.4 Å². The Balaban J connectivity index is 2.49. The van der Waals surface area contributed by atoms with Gasteiger partial charge in [0.2, 0.25) is 0 Å². The first kappa shape index (κ1) is 20.9. The summed E-state index contributed by atoms with van der Waals surface area (Å²) in [6, 6.07) is 3.54. The Morgan fingerprint density at radius 1 is 1.12 bits per heavy atom. The number of ether oxygens (including phenoxy) is 3. The van der Waals surface area contributed by atoms with E-state index < -0.39 is 24.1 Å². The lowest BCUT2D eigenvalue weighted by atomic mass is 9.66. The molecule has 0 aromatic heterocycles. The summed E-state index contributed by atoms with van der Waals surface area (Å²) in [5.41, 5.74) is -0.391. The first-order chi connectivity index (χ1) is 12.1. The van der Waals surface area contributed by atoms with Crippen LogP contribution in [0.25, 0.3) is 0 Å². The van der Waals surface area contributed by atoms with Crippen LogP contribution in [0.5, 0.6) is 11.5 Å². The van der Waals surface area contributed by atoms with Crippen LogP contribution in [0.4, 0.5) is 0 Å². The number of halogens is 1. The second-order valence-corrected chi connectivity index (χ2v) is 7.59. The highest BCUT2D eigenvalue weighted by atomic mass is 35.5. The first-order valence-electron chi connectivity index (χ1n) is 8.40. The maximum Gasteiger partial charge on any atom is 0.466 e. The van der Waals surface area contributed by atoms with Gasteiger partial charge in [0.25, 0.3) is 0 Å². The van der Waals surface area contributed by atoms with Crippen molar-refractivity contribution in [3.63, 3.8) is 0 Å². The van der Waals surface area contributed by atoms with Gasteiger partial charge in [-0.15, -0.1) is 0 Å². The SMILES string of the molecule is COC(=O)CC(B1OC(C)(C)C(C)(C)O1)c1ccc(OC)c(OC)c1Cl. The number of methoxy groups -OCH3 is 3. The number of rotatable bonds is 6. The molecule has 0 aliphatic carbocycles. The lowest BCUT2D eigenvalue weighted by molar-refractivity contribution is -0.140. The minimum Gasteiger partial charge on any atom is -0.493 e. The fraction of sp³-hybridized carbons (Fsp3) is 0.611. The predicted molar refractivity (Wildman–Crippen MR) is 100 cm³/mol. The van der Waals surface area contributed by atoms with Crippen molar-refractivity contribution in [2.75, 3.05) is 21.3 Å². The highest BCUT2D eigenvalue weighted by Gasteiger charge is 2.54. The largest absolute Gasteiger partial charge is 0.493 e. The van der Waals surface area contributed by atoms with Crippen molar-refractivity contribution >= 4 is 24.7 Å². The molecule has 1 heterocycles. The predicted octanol–water partition coefficient (Wildman–Crippen LogP) is 3.64. The molecule has 1 fully saturated rings. The molecule has 1 aromatic carbocycles. The highest BCUT2D eigenvalue weighted by Crippen LogP contribution is 2.46. The topological polar surface area (TPSA) is 63.2 Å². The molecule has 0 N–H and O–H groups in total. The molecule has 0 amide bonds. The number of esters is 1. The van der Waals surface area contributed by atoms with Crippen LogP contribution >= 0.6 is 11.6 Å². The molecule has 1 atom stereocenters. The van der Waals surface area contributed by atoms with Gasteiger partial charge in [0.15, 0.2) is 11.5 Å². The molecule has 0 spiro atoms. The molecule has 0 bridgehead atoms. The van der Waals surface area contributed by atoms with E-state index in [9.17, 15) is 4.79 Å². The Kier molecular flexibility index (Phi) is 6.15. The van der Waals surface area contributed by atoms with Gasteiger partial charge in [0.05, 0.1) is 44.0 Å². The van der Waals surface area contributed by atoms with Crippen molar-refractivity contribution in [1.29, 1.82) is 0 Å². The summed E-state index contributed by atoms with van der Waals surface area (Å²) < 4.78 is 27.8. The van der Waals surface area contributed by atoms with Crippen LogP contribution < -0.4 is 9.47 Å². The van der Waals surface area contributed by atoms with E-state index in [1.807, 2.05) is 27.7 Å². The van der Waals surface area contributed by atoms with Gasteiger partial charge in [0, 0.05) is 5.82 Å². The monoisotopic (exact) mass is 384 g/mol. The fourth-order valence-corrected chi connectivity index (χ4v) is 3.23. The maximum atomic E-state index is 12.0. The van der Waals surface area contributed by atoms with E-state index in [2.05, 4.69) is 0 Å². The summed E-state index contributed by atoms with van der Waals surface area (Å²) in [5, 5.41) is 0.357. The average molecular weight is 385 g/mol. The van der Waals surface area contributed by atoms with Crippen molar-refractivity contribution in [2.45, 2.75) is 51.1 Å². The third kappa shape index (κ3) is 3.80. The van der Waals surface area contributed by atoms with E-state index in [1.54, 1.807) is 12.1 Å². The minimum absolute atomic E-state index is 0.0581.